The summed E-state index contributed by atoms with van der Waals surface area (Å²) in [5.74, 6) is 0. The lowest BCUT2D eigenvalue weighted by Crippen LogP contribution is -2.14. The summed E-state index contributed by atoms with van der Waals surface area (Å²) in [6, 6.07) is 0. The van der Waals surface area contributed by atoms with Crippen LogP contribution in [-0.4, -0.2) is 14.9 Å². The normalized spacial score (nSPS) is 14.9. The van der Waals surface area contributed by atoms with E-state index in [-0.39, 0.29) is 6.10 Å². The van der Waals surface area contributed by atoms with Crippen LogP contribution < -0.4 is 0 Å². The molecule has 0 heterocycles. The molecule has 1 N–H and O–H groups in total. The van der Waals surface area contributed by atoms with Gasteiger partial charge in [0.05, 0.1) is 6.10 Å². The largest absolute Gasteiger partial charge is 0.302 e. The molecule has 0 radical (unpaired) electrons. The molecule has 3 nitrogen and oxygen atoms in total. The molecule has 0 fully saturated rings. The van der Waals surface area contributed by atoms with Crippen molar-refractivity contribution in [1.29, 1.82) is 0 Å². The van der Waals surface area contributed by atoms with Crippen molar-refractivity contribution < 1.29 is 12.9 Å². The van der Waals surface area contributed by atoms with E-state index in [1.165, 1.54) is 32.1 Å². The summed E-state index contributed by atoms with van der Waals surface area (Å²) >= 11 is -2.11. The molecular weight excluding hydrogens is 224 g/mol. The third kappa shape index (κ3) is 10.6. The molecule has 0 saturated heterocycles. The lowest BCUT2D eigenvalue weighted by Gasteiger charge is -2.13. The SMILES string of the molecule is CCCCCCCCC(CCC)OS(=O)O. The smallest absolute Gasteiger partial charge is 0.284 e. The fourth-order valence-electron chi connectivity index (χ4n) is 1.83. The van der Waals surface area contributed by atoms with Crippen molar-refractivity contribution in [3.8, 4) is 0 Å². The number of hydrogen-bond donors (Lipinski definition) is 1. The molecule has 4 heteroatoms. The van der Waals surface area contributed by atoms with Gasteiger partial charge in [-0.15, -0.1) is 0 Å². The highest BCUT2D eigenvalue weighted by Crippen LogP contribution is 2.14. The maximum absolute atomic E-state index is 10.5. The number of unbranched alkanes of at least 4 members (excludes halogenated alkanes) is 5. The highest BCUT2D eigenvalue weighted by molar-refractivity contribution is 7.74. The molecule has 0 spiro atoms. The van der Waals surface area contributed by atoms with Gasteiger partial charge < -0.3 is 0 Å². The molecule has 0 aromatic carbocycles. The first-order chi connectivity index (χ1) is 7.70. The van der Waals surface area contributed by atoms with Crippen molar-refractivity contribution in [3.05, 3.63) is 0 Å². The van der Waals surface area contributed by atoms with E-state index in [0.29, 0.717) is 0 Å². The fraction of sp³-hybridized carbons (Fsp3) is 1.00. The van der Waals surface area contributed by atoms with Crippen LogP contribution in [0.1, 0.15) is 71.6 Å². The predicted octanol–water partition coefficient (Wildman–Crippen LogP) is 4.06. The topological polar surface area (TPSA) is 46.5 Å². The Kier molecular flexibility index (Phi) is 11.6. The second kappa shape index (κ2) is 11.6. The molecule has 0 aliphatic rings. The first-order valence-corrected chi connectivity index (χ1v) is 7.51. The van der Waals surface area contributed by atoms with Crippen LogP contribution in [0, 0.1) is 0 Å². The molecule has 0 rings (SSSR count). The summed E-state index contributed by atoms with van der Waals surface area (Å²) in [7, 11) is 0. The Morgan fingerprint density at radius 2 is 1.62 bits per heavy atom. The average Bonchev–Trinajstić information content (AvgIpc) is 2.22. The van der Waals surface area contributed by atoms with Crippen LogP contribution in [0.5, 0.6) is 0 Å². The van der Waals surface area contributed by atoms with Crippen molar-refractivity contribution in [3.63, 3.8) is 0 Å². The van der Waals surface area contributed by atoms with Gasteiger partial charge in [-0.1, -0.05) is 58.8 Å². The zero-order valence-electron chi connectivity index (χ0n) is 10.6. The van der Waals surface area contributed by atoms with Gasteiger partial charge in [0, 0.05) is 0 Å². The molecule has 0 saturated carbocycles. The molecule has 0 amide bonds. The monoisotopic (exact) mass is 250 g/mol. The second-order valence-electron chi connectivity index (χ2n) is 4.28. The third-order valence-corrected chi connectivity index (χ3v) is 3.15. The van der Waals surface area contributed by atoms with Crippen LogP contribution in [0.3, 0.4) is 0 Å². The van der Waals surface area contributed by atoms with Crippen LogP contribution in [0.25, 0.3) is 0 Å². The molecule has 0 aromatic heterocycles. The van der Waals surface area contributed by atoms with Crippen molar-refractivity contribution in [2.45, 2.75) is 77.7 Å². The minimum atomic E-state index is -2.11. The van der Waals surface area contributed by atoms with Crippen LogP contribution in [0.2, 0.25) is 0 Å². The van der Waals surface area contributed by atoms with E-state index in [9.17, 15) is 4.21 Å². The first kappa shape index (κ1) is 16.1. The van der Waals surface area contributed by atoms with E-state index in [2.05, 4.69) is 13.8 Å². The minimum Gasteiger partial charge on any atom is -0.284 e. The molecule has 98 valence electrons. The molecular formula is C12H26O3S. The zero-order valence-corrected chi connectivity index (χ0v) is 11.4. The molecule has 0 aliphatic carbocycles. The van der Waals surface area contributed by atoms with Crippen LogP contribution in [-0.2, 0) is 15.5 Å². The summed E-state index contributed by atoms with van der Waals surface area (Å²) in [4.78, 5) is 0. The van der Waals surface area contributed by atoms with Gasteiger partial charge in [-0.05, 0) is 12.8 Å². The molecule has 2 unspecified atom stereocenters. The lowest BCUT2D eigenvalue weighted by atomic mass is 10.0. The molecule has 0 bridgehead atoms. The second-order valence-corrected chi connectivity index (χ2v) is 4.91. The van der Waals surface area contributed by atoms with Gasteiger partial charge in [0.25, 0.3) is 0 Å². The van der Waals surface area contributed by atoms with Crippen molar-refractivity contribution >= 4 is 11.4 Å². The van der Waals surface area contributed by atoms with E-state index in [1.807, 2.05) is 0 Å². The Labute approximate surface area is 102 Å². The Bertz CT molecular complexity index is 174. The number of hydrogen-bond acceptors (Lipinski definition) is 2. The maximum atomic E-state index is 10.5. The van der Waals surface area contributed by atoms with Gasteiger partial charge in [0.1, 0.15) is 0 Å². The zero-order chi connectivity index (χ0) is 12.2. The predicted molar refractivity (Wildman–Crippen MR) is 68.5 cm³/mol. The van der Waals surface area contributed by atoms with Crippen LogP contribution in [0.15, 0.2) is 0 Å². The summed E-state index contributed by atoms with van der Waals surface area (Å²) in [5, 5.41) is 0. The maximum Gasteiger partial charge on any atom is 0.302 e. The van der Waals surface area contributed by atoms with Gasteiger partial charge >= 0.3 is 11.4 Å². The van der Waals surface area contributed by atoms with Gasteiger partial charge in [-0.25, -0.2) is 0 Å². The quantitative estimate of drug-likeness (QED) is 0.444. The summed E-state index contributed by atoms with van der Waals surface area (Å²) in [6.45, 7) is 4.28. The van der Waals surface area contributed by atoms with Crippen molar-refractivity contribution in [2.24, 2.45) is 0 Å². The Hall–Kier alpha value is 0.0700. The summed E-state index contributed by atoms with van der Waals surface area (Å²) < 4.78 is 24.2. The van der Waals surface area contributed by atoms with Gasteiger partial charge in [0.15, 0.2) is 0 Å². The van der Waals surface area contributed by atoms with E-state index in [0.717, 1.165) is 25.7 Å². The highest BCUT2D eigenvalue weighted by atomic mass is 32.2. The van der Waals surface area contributed by atoms with Crippen LogP contribution >= 0.6 is 0 Å². The standard InChI is InChI=1S/C12H26O3S/c1-3-5-6-7-8-9-11-12(10-4-2)15-16(13)14/h12H,3-11H2,1-2H3,(H,13,14). The number of rotatable bonds is 11. The average molecular weight is 250 g/mol. The summed E-state index contributed by atoms with van der Waals surface area (Å²) in [5.41, 5.74) is 0. The van der Waals surface area contributed by atoms with E-state index in [4.69, 9.17) is 8.74 Å². The summed E-state index contributed by atoms with van der Waals surface area (Å²) in [6.07, 6.45) is 10.2. The Morgan fingerprint density at radius 3 is 2.19 bits per heavy atom. The van der Waals surface area contributed by atoms with Gasteiger partial charge in [-0.2, -0.15) is 4.21 Å². The lowest BCUT2D eigenvalue weighted by molar-refractivity contribution is 0.178. The van der Waals surface area contributed by atoms with Crippen molar-refractivity contribution in [2.75, 3.05) is 0 Å². The molecule has 2 atom stereocenters. The van der Waals surface area contributed by atoms with Gasteiger partial charge in [0.2, 0.25) is 0 Å². The van der Waals surface area contributed by atoms with E-state index >= 15 is 0 Å². The molecule has 16 heavy (non-hydrogen) atoms. The van der Waals surface area contributed by atoms with Crippen molar-refractivity contribution in [1.82, 2.24) is 0 Å². The van der Waals surface area contributed by atoms with Crippen LogP contribution in [0.4, 0.5) is 0 Å². The minimum absolute atomic E-state index is 0.0398. The fourth-order valence-corrected chi connectivity index (χ4v) is 2.26. The van der Waals surface area contributed by atoms with E-state index in [1.54, 1.807) is 0 Å². The molecule has 0 aromatic rings. The third-order valence-electron chi connectivity index (χ3n) is 2.71. The van der Waals surface area contributed by atoms with Gasteiger partial charge in [-0.3, -0.25) is 8.74 Å². The first-order valence-electron chi connectivity index (χ1n) is 6.48. The highest BCUT2D eigenvalue weighted by Gasteiger charge is 2.10. The Morgan fingerprint density at radius 1 is 1.00 bits per heavy atom. The van der Waals surface area contributed by atoms with E-state index < -0.39 is 11.4 Å². The molecule has 0 aliphatic heterocycles. The Balaban J connectivity index is 3.47.